The molecule has 1 aromatic carbocycles. The van der Waals surface area contributed by atoms with E-state index in [0.29, 0.717) is 0 Å². The van der Waals surface area contributed by atoms with Gasteiger partial charge < -0.3 is 4.90 Å². The van der Waals surface area contributed by atoms with E-state index >= 15 is 0 Å². The highest BCUT2D eigenvalue weighted by Crippen LogP contribution is 2.31. The van der Waals surface area contributed by atoms with E-state index in [0.717, 1.165) is 12.2 Å². The number of hydrogen-bond donors (Lipinski definition) is 0. The molecule has 0 unspecified atom stereocenters. The number of aryl methyl sites for hydroxylation is 1. The molecule has 86 valence electrons. The lowest BCUT2D eigenvalue weighted by molar-refractivity contribution is 0.765. The van der Waals surface area contributed by atoms with Gasteiger partial charge in [-0.1, -0.05) is 36.4 Å². The zero-order valence-corrected chi connectivity index (χ0v) is 10.1. The van der Waals surface area contributed by atoms with Gasteiger partial charge in [-0.2, -0.15) is 5.10 Å². The summed E-state index contributed by atoms with van der Waals surface area (Å²) in [5.41, 5.74) is 3.76. The van der Waals surface area contributed by atoms with E-state index in [2.05, 4.69) is 53.6 Å². The molecular weight excluding hydrogens is 210 g/mol. The van der Waals surface area contributed by atoms with Gasteiger partial charge in [0.05, 0.1) is 0 Å². The van der Waals surface area contributed by atoms with Crippen LogP contribution < -0.4 is 4.90 Å². The third-order valence-electron chi connectivity index (χ3n) is 3.15. The van der Waals surface area contributed by atoms with Crippen LogP contribution >= 0.6 is 0 Å². The van der Waals surface area contributed by atoms with Crippen molar-refractivity contribution in [2.24, 2.45) is 7.05 Å². The smallest absolute Gasteiger partial charge is 0.158 e. The van der Waals surface area contributed by atoms with Crippen molar-refractivity contribution in [1.29, 1.82) is 0 Å². The number of nitrogens with zero attached hydrogens (tertiary/aromatic N) is 3. The van der Waals surface area contributed by atoms with Crippen LogP contribution in [0.15, 0.2) is 42.6 Å². The highest BCUT2D eigenvalue weighted by Gasteiger charge is 2.20. The minimum absolute atomic E-state index is 0.956. The second kappa shape index (κ2) is 3.77. The van der Waals surface area contributed by atoms with Crippen LogP contribution in [0.25, 0.3) is 5.70 Å². The molecule has 0 saturated carbocycles. The summed E-state index contributed by atoms with van der Waals surface area (Å²) in [6.45, 7) is 0. The summed E-state index contributed by atoms with van der Waals surface area (Å²) in [7, 11) is 4.04. The van der Waals surface area contributed by atoms with Crippen LogP contribution in [0.1, 0.15) is 11.1 Å². The van der Waals surface area contributed by atoms with Crippen LogP contribution in [0.2, 0.25) is 0 Å². The van der Waals surface area contributed by atoms with Crippen molar-refractivity contribution in [1.82, 2.24) is 9.78 Å². The summed E-state index contributed by atoms with van der Waals surface area (Å²) in [6, 6.07) is 10.4. The molecule has 0 radical (unpaired) electrons. The lowest BCUT2D eigenvalue weighted by atomic mass is 10.0. The van der Waals surface area contributed by atoms with Gasteiger partial charge in [-0.05, 0) is 12.0 Å². The van der Waals surface area contributed by atoms with Crippen molar-refractivity contribution in [2.75, 3.05) is 11.9 Å². The molecular formula is C14H15N3. The Bertz CT molecular complexity index is 566. The van der Waals surface area contributed by atoms with E-state index < -0.39 is 0 Å². The van der Waals surface area contributed by atoms with Crippen molar-refractivity contribution >= 4 is 11.5 Å². The molecule has 0 aliphatic carbocycles. The number of benzene rings is 1. The Kier molecular flexibility index (Phi) is 2.25. The third-order valence-corrected chi connectivity index (χ3v) is 3.15. The lowest BCUT2D eigenvalue weighted by Crippen LogP contribution is -2.20. The molecule has 3 nitrogen and oxygen atoms in total. The highest BCUT2D eigenvalue weighted by molar-refractivity contribution is 5.81. The monoisotopic (exact) mass is 225 g/mol. The summed E-state index contributed by atoms with van der Waals surface area (Å²) in [4.78, 5) is 2.16. The average molecular weight is 225 g/mol. The molecule has 0 spiro atoms. The van der Waals surface area contributed by atoms with Crippen molar-refractivity contribution in [3.8, 4) is 0 Å². The predicted octanol–water partition coefficient (Wildman–Crippen LogP) is 2.45. The number of hydrogen-bond acceptors (Lipinski definition) is 2. The van der Waals surface area contributed by atoms with Crippen LogP contribution in [0.4, 0.5) is 5.82 Å². The summed E-state index contributed by atoms with van der Waals surface area (Å²) in [5, 5.41) is 4.51. The van der Waals surface area contributed by atoms with E-state index in [4.69, 9.17) is 0 Å². The number of allylic oxidation sites excluding steroid dienone is 1. The Morgan fingerprint density at radius 3 is 2.65 bits per heavy atom. The maximum Gasteiger partial charge on any atom is 0.158 e. The van der Waals surface area contributed by atoms with Gasteiger partial charge in [-0.25, -0.2) is 0 Å². The van der Waals surface area contributed by atoms with Gasteiger partial charge in [0.25, 0.3) is 0 Å². The highest BCUT2D eigenvalue weighted by atomic mass is 15.3. The molecule has 0 saturated heterocycles. The molecule has 3 rings (SSSR count). The summed E-state index contributed by atoms with van der Waals surface area (Å²) in [5.74, 6) is 1.06. The van der Waals surface area contributed by atoms with Crippen molar-refractivity contribution in [3.63, 3.8) is 0 Å². The van der Waals surface area contributed by atoms with Gasteiger partial charge in [-0.3, -0.25) is 4.68 Å². The minimum atomic E-state index is 0.956. The Balaban J connectivity index is 2.02. The lowest BCUT2D eigenvalue weighted by Gasteiger charge is -2.25. The normalized spacial score (nSPS) is 14.5. The molecule has 2 aromatic rings. The molecule has 0 N–H and O–H groups in total. The average Bonchev–Trinajstić information content (AvgIpc) is 2.72. The topological polar surface area (TPSA) is 21.1 Å². The Hall–Kier alpha value is -2.03. The zero-order valence-electron chi connectivity index (χ0n) is 10.1. The van der Waals surface area contributed by atoms with Crippen LogP contribution in [0.3, 0.4) is 0 Å². The Morgan fingerprint density at radius 1 is 1.12 bits per heavy atom. The first-order valence-corrected chi connectivity index (χ1v) is 5.77. The maximum atomic E-state index is 4.51. The van der Waals surface area contributed by atoms with Crippen molar-refractivity contribution < 1.29 is 0 Å². The molecule has 1 aliphatic heterocycles. The van der Waals surface area contributed by atoms with Gasteiger partial charge in [-0.15, -0.1) is 0 Å². The van der Waals surface area contributed by atoms with E-state index in [1.54, 1.807) is 0 Å². The quantitative estimate of drug-likeness (QED) is 0.743. The fourth-order valence-electron chi connectivity index (χ4n) is 2.33. The second-order valence-corrected chi connectivity index (χ2v) is 4.37. The van der Waals surface area contributed by atoms with Gasteiger partial charge >= 0.3 is 0 Å². The molecule has 0 amide bonds. The summed E-state index contributed by atoms with van der Waals surface area (Å²) in [6.07, 6.45) is 5.31. The zero-order chi connectivity index (χ0) is 11.8. The third kappa shape index (κ3) is 1.64. The van der Waals surface area contributed by atoms with Gasteiger partial charge in [0.1, 0.15) is 0 Å². The first kappa shape index (κ1) is 10.1. The number of fused-ring (bicyclic) bond motifs is 1. The van der Waals surface area contributed by atoms with Crippen LogP contribution in [0, 0.1) is 0 Å². The number of aromatic nitrogens is 2. The standard InChI is InChI=1S/C14H15N3/c1-16-10-12-8-9-13(17(2)14(12)15-16)11-6-4-3-5-7-11/h3-7,9-10H,8H2,1-2H3. The number of rotatable bonds is 1. The minimum Gasteiger partial charge on any atom is -0.327 e. The molecule has 1 aromatic heterocycles. The molecule has 3 heteroatoms. The van der Waals surface area contributed by atoms with Crippen LogP contribution in [-0.4, -0.2) is 16.8 Å². The SMILES string of the molecule is CN1C(c2ccccc2)=CCc2cn(C)nc21. The second-order valence-electron chi connectivity index (χ2n) is 4.37. The van der Waals surface area contributed by atoms with E-state index in [-0.39, 0.29) is 0 Å². The first-order valence-electron chi connectivity index (χ1n) is 5.77. The van der Waals surface area contributed by atoms with E-state index in [1.165, 1.54) is 16.8 Å². The molecule has 0 bridgehead atoms. The summed E-state index contributed by atoms with van der Waals surface area (Å²) >= 11 is 0. The van der Waals surface area contributed by atoms with E-state index in [9.17, 15) is 0 Å². The molecule has 17 heavy (non-hydrogen) atoms. The molecule has 2 heterocycles. The van der Waals surface area contributed by atoms with Gasteiger partial charge in [0, 0.05) is 31.6 Å². The predicted molar refractivity (Wildman–Crippen MR) is 69.7 cm³/mol. The summed E-state index contributed by atoms with van der Waals surface area (Å²) < 4.78 is 1.88. The Labute approximate surface area is 101 Å². The fourth-order valence-corrected chi connectivity index (χ4v) is 2.33. The first-order chi connectivity index (χ1) is 8.25. The molecule has 1 aliphatic rings. The van der Waals surface area contributed by atoms with Crippen molar-refractivity contribution in [2.45, 2.75) is 6.42 Å². The molecule has 0 fully saturated rings. The Morgan fingerprint density at radius 2 is 1.88 bits per heavy atom. The van der Waals surface area contributed by atoms with Crippen molar-refractivity contribution in [3.05, 3.63) is 53.7 Å². The van der Waals surface area contributed by atoms with Crippen LogP contribution in [0.5, 0.6) is 0 Å². The van der Waals surface area contributed by atoms with Gasteiger partial charge in [0.15, 0.2) is 5.82 Å². The van der Waals surface area contributed by atoms with E-state index in [1.807, 2.05) is 17.8 Å². The van der Waals surface area contributed by atoms with Crippen LogP contribution in [-0.2, 0) is 13.5 Å². The largest absolute Gasteiger partial charge is 0.327 e. The maximum absolute atomic E-state index is 4.51. The number of anilines is 1. The van der Waals surface area contributed by atoms with Gasteiger partial charge in [0.2, 0.25) is 0 Å². The fraction of sp³-hybridized carbons (Fsp3) is 0.214. The molecule has 0 atom stereocenters.